The van der Waals surface area contributed by atoms with Gasteiger partial charge in [-0.3, -0.25) is 0 Å². The van der Waals surface area contributed by atoms with E-state index in [0.29, 0.717) is 0 Å². The second-order valence-corrected chi connectivity index (χ2v) is 7.51. The summed E-state index contributed by atoms with van der Waals surface area (Å²) < 4.78 is 20.9. The Morgan fingerprint density at radius 3 is 2.38 bits per heavy atom. The van der Waals surface area contributed by atoms with E-state index in [9.17, 15) is 4.39 Å². The van der Waals surface area contributed by atoms with Crippen molar-refractivity contribution in [3.8, 4) is 22.7 Å². The summed E-state index contributed by atoms with van der Waals surface area (Å²) in [6.07, 6.45) is 0. The average Bonchev–Trinajstić information content (AvgIpc) is 3.17. The number of hydrogen-bond donors (Lipinski definition) is 0. The molecule has 3 aromatic carbocycles. The summed E-state index contributed by atoms with van der Waals surface area (Å²) in [6, 6.07) is 26.7. The van der Waals surface area contributed by atoms with E-state index in [-0.39, 0.29) is 12.4 Å². The minimum Gasteiger partial charge on any atom is -0.497 e. The van der Waals surface area contributed by atoms with Gasteiger partial charge in [-0.25, -0.2) is 4.39 Å². The number of hydrogen-bond acceptors (Lipinski definition) is 3. The van der Waals surface area contributed by atoms with Gasteiger partial charge in [0.05, 0.1) is 18.5 Å². The zero-order chi connectivity index (χ0) is 22.5. The number of oxime groups is 1. The van der Waals surface area contributed by atoms with E-state index in [1.54, 1.807) is 13.2 Å². The predicted molar refractivity (Wildman–Crippen MR) is 126 cm³/mol. The lowest BCUT2D eigenvalue weighted by Gasteiger charge is -2.13. The molecule has 0 fully saturated rings. The minimum absolute atomic E-state index is 0.207. The fraction of sp³-hybridized carbons (Fsp3) is 0.148. The smallest absolute Gasteiger partial charge is 0.142 e. The molecule has 0 bridgehead atoms. The summed E-state index contributed by atoms with van der Waals surface area (Å²) >= 11 is 0. The molecule has 4 aromatic rings. The molecule has 0 aliphatic carbocycles. The first-order valence-corrected chi connectivity index (χ1v) is 10.4. The Morgan fingerprint density at radius 1 is 0.938 bits per heavy atom. The first-order valence-electron chi connectivity index (χ1n) is 10.4. The predicted octanol–water partition coefficient (Wildman–Crippen LogP) is 6.54. The SMILES string of the molecule is COc1ccc(-n2c(-c3ccccc3)cc(/C(C)=N\OCc3cccc(F)c3)c2C)cc1. The molecule has 0 aliphatic rings. The van der Waals surface area contributed by atoms with Crippen molar-refractivity contribution in [2.45, 2.75) is 20.5 Å². The fourth-order valence-corrected chi connectivity index (χ4v) is 3.74. The highest BCUT2D eigenvalue weighted by molar-refractivity contribution is 6.01. The Bertz CT molecular complexity index is 1230. The first kappa shape index (κ1) is 21.4. The lowest BCUT2D eigenvalue weighted by atomic mass is 10.1. The molecule has 4 nitrogen and oxygen atoms in total. The van der Waals surface area contributed by atoms with Gasteiger partial charge >= 0.3 is 0 Å². The van der Waals surface area contributed by atoms with E-state index < -0.39 is 0 Å². The maximum Gasteiger partial charge on any atom is 0.142 e. The van der Waals surface area contributed by atoms with Gasteiger partial charge in [-0.05, 0) is 67.4 Å². The van der Waals surface area contributed by atoms with E-state index in [2.05, 4.69) is 34.8 Å². The van der Waals surface area contributed by atoms with Crippen LogP contribution < -0.4 is 4.74 Å². The van der Waals surface area contributed by atoms with E-state index in [1.165, 1.54) is 12.1 Å². The lowest BCUT2D eigenvalue weighted by molar-refractivity contribution is 0.130. The monoisotopic (exact) mass is 428 g/mol. The molecule has 32 heavy (non-hydrogen) atoms. The molecule has 0 unspecified atom stereocenters. The summed E-state index contributed by atoms with van der Waals surface area (Å²) in [4.78, 5) is 5.53. The highest BCUT2D eigenvalue weighted by Gasteiger charge is 2.17. The topological polar surface area (TPSA) is 35.8 Å². The third-order valence-corrected chi connectivity index (χ3v) is 5.36. The number of aromatic nitrogens is 1. The van der Waals surface area contributed by atoms with Crippen LogP contribution in [0.15, 0.2) is 90.1 Å². The van der Waals surface area contributed by atoms with Crippen molar-refractivity contribution >= 4 is 5.71 Å². The van der Waals surface area contributed by atoms with Crippen molar-refractivity contribution in [2.24, 2.45) is 5.16 Å². The van der Waals surface area contributed by atoms with Crippen LogP contribution in [-0.4, -0.2) is 17.4 Å². The number of methoxy groups -OCH3 is 1. The first-order chi connectivity index (χ1) is 15.6. The van der Waals surface area contributed by atoms with Gasteiger partial charge in [-0.2, -0.15) is 0 Å². The Hall–Kier alpha value is -3.86. The van der Waals surface area contributed by atoms with Gasteiger partial charge in [0.15, 0.2) is 0 Å². The number of benzene rings is 3. The van der Waals surface area contributed by atoms with Crippen LogP contribution in [0.4, 0.5) is 4.39 Å². The second kappa shape index (κ2) is 9.52. The molecular formula is C27H25FN2O2. The van der Waals surface area contributed by atoms with E-state index in [0.717, 1.165) is 45.2 Å². The van der Waals surface area contributed by atoms with E-state index in [4.69, 9.17) is 9.57 Å². The summed E-state index contributed by atoms with van der Waals surface area (Å²) in [5.41, 5.74) is 6.71. The summed E-state index contributed by atoms with van der Waals surface area (Å²) in [5.74, 6) is 0.523. The van der Waals surface area contributed by atoms with Crippen molar-refractivity contribution < 1.29 is 14.0 Å². The van der Waals surface area contributed by atoms with Crippen LogP contribution in [0.1, 0.15) is 23.7 Å². The maximum absolute atomic E-state index is 13.4. The quantitative estimate of drug-likeness (QED) is 0.247. The van der Waals surface area contributed by atoms with Gasteiger partial charge in [0.25, 0.3) is 0 Å². The Morgan fingerprint density at radius 2 is 1.69 bits per heavy atom. The number of nitrogens with zero attached hydrogens (tertiary/aromatic N) is 2. The van der Waals surface area contributed by atoms with E-state index >= 15 is 0 Å². The fourth-order valence-electron chi connectivity index (χ4n) is 3.74. The Kier molecular flexibility index (Phi) is 6.36. The molecule has 162 valence electrons. The van der Waals surface area contributed by atoms with Crippen molar-refractivity contribution in [2.75, 3.05) is 7.11 Å². The van der Waals surface area contributed by atoms with Crippen LogP contribution in [0.3, 0.4) is 0 Å². The van der Waals surface area contributed by atoms with Crippen molar-refractivity contribution in [1.82, 2.24) is 4.57 Å². The van der Waals surface area contributed by atoms with Gasteiger partial charge in [-0.1, -0.05) is 47.6 Å². The molecule has 1 heterocycles. The van der Waals surface area contributed by atoms with Crippen LogP contribution in [0, 0.1) is 12.7 Å². The van der Waals surface area contributed by atoms with Crippen molar-refractivity contribution in [1.29, 1.82) is 0 Å². The molecule has 0 saturated heterocycles. The molecule has 0 atom stereocenters. The maximum atomic E-state index is 13.4. The number of halogens is 1. The number of ether oxygens (including phenoxy) is 1. The van der Waals surface area contributed by atoms with Crippen LogP contribution in [0.2, 0.25) is 0 Å². The molecular weight excluding hydrogens is 403 g/mol. The second-order valence-electron chi connectivity index (χ2n) is 7.51. The highest BCUT2D eigenvalue weighted by Crippen LogP contribution is 2.30. The van der Waals surface area contributed by atoms with Gasteiger partial charge in [0.2, 0.25) is 0 Å². The molecule has 1 aromatic heterocycles. The molecule has 0 radical (unpaired) electrons. The summed E-state index contributed by atoms with van der Waals surface area (Å²) in [6.45, 7) is 4.19. The standard InChI is InChI=1S/C27H25FN2O2/c1-19(29-32-18-21-8-7-11-23(28)16-21)26-17-27(22-9-5-4-6-10-22)30(20(26)2)24-12-14-25(31-3)15-13-24/h4-17H,18H2,1-3H3/b29-19-. The molecule has 5 heteroatoms. The Labute approximate surface area is 187 Å². The van der Waals surface area contributed by atoms with Crippen molar-refractivity contribution in [3.63, 3.8) is 0 Å². The largest absolute Gasteiger partial charge is 0.497 e. The molecule has 0 N–H and O–H groups in total. The van der Waals surface area contributed by atoms with Crippen LogP contribution in [0.5, 0.6) is 5.75 Å². The average molecular weight is 429 g/mol. The zero-order valence-corrected chi connectivity index (χ0v) is 18.4. The van der Waals surface area contributed by atoms with Gasteiger partial charge in [0, 0.05) is 16.9 Å². The van der Waals surface area contributed by atoms with Crippen LogP contribution in [-0.2, 0) is 11.4 Å². The van der Waals surface area contributed by atoms with Crippen molar-refractivity contribution in [3.05, 3.63) is 108 Å². The summed E-state index contributed by atoms with van der Waals surface area (Å²) in [7, 11) is 1.66. The molecule has 0 spiro atoms. The van der Waals surface area contributed by atoms with Gasteiger partial charge in [0.1, 0.15) is 18.2 Å². The zero-order valence-electron chi connectivity index (χ0n) is 18.4. The van der Waals surface area contributed by atoms with Gasteiger partial charge < -0.3 is 14.1 Å². The summed E-state index contributed by atoms with van der Waals surface area (Å²) in [5, 5.41) is 4.31. The van der Waals surface area contributed by atoms with Crippen LogP contribution in [0.25, 0.3) is 16.9 Å². The third kappa shape index (κ3) is 4.57. The minimum atomic E-state index is -0.285. The third-order valence-electron chi connectivity index (χ3n) is 5.36. The Balaban J connectivity index is 1.69. The van der Waals surface area contributed by atoms with E-state index in [1.807, 2.05) is 55.5 Å². The molecule has 0 saturated carbocycles. The lowest BCUT2D eigenvalue weighted by Crippen LogP contribution is -2.02. The normalized spacial score (nSPS) is 11.4. The molecule has 0 aliphatic heterocycles. The highest BCUT2D eigenvalue weighted by atomic mass is 19.1. The number of rotatable bonds is 7. The molecule has 0 amide bonds. The van der Waals surface area contributed by atoms with Crippen LogP contribution >= 0.6 is 0 Å². The molecule has 4 rings (SSSR count). The van der Waals surface area contributed by atoms with Gasteiger partial charge in [-0.15, -0.1) is 0 Å².